The zero-order chi connectivity index (χ0) is 19.3. The van der Waals surface area contributed by atoms with Crippen molar-refractivity contribution in [2.45, 2.75) is 44.5 Å². The molecule has 0 spiro atoms. The molecule has 0 bridgehead atoms. The predicted octanol–water partition coefficient (Wildman–Crippen LogP) is 2.70. The molecular weight excluding hydrogens is 428 g/mol. The Bertz CT molecular complexity index is 681. The van der Waals surface area contributed by atoms with Gasteiger partial charge in [0.05, 0.1) is 4.47 Å². The molecule has 4 atom stereocenters. The van der Waals surface area contributed by atoms with Gasteiger partial charge in [0, 0.05) is 26.5 Å². The topological polar surface area (TPSA) is 88.1 Å². The third-order valence-corrected chi connectivity index (χ3v) is 5.25. The van der Waals surface area contributed by atoms with Crippen LogP contribution in [0.1, 0.15) is 20.8 Å². The number of halogens is 1. The highest BCUT2D eigenvalue weighted by molar-refractivity contribution is 9.10. The molecular formula is C17H19BrO7S. The summed E-state index contributed by atoms with van der Waals surface area (Å²) >= 11 is 4.71. The Morgan fingerprint density at radius 2 is 1.54 bits per heavy atom. The quantitative estimate of drug-likeness (QED) is 0.503. The average molecular weight is 447 g/mol. The molecule has 0 amide bonds. The first kappa shape index (κ1) is 20.6. The number of hydrogen-bond acceptors (Lipinski definition) is 8. The molecule has 1 saturated heterocycles. The van der Waals surface area contributed by atoms with Crippen LogP contribution in [0.15, 0.2) is 28.7 Å². The number of rotatable bonds is 5. The Hall–Kier alpha value is -1.74. The highest BCUT2D eigenvalue weighted by Gasteiger charge is 2.47. The fourth-order valence-electron chi connectivity index (χ4n) is 2.48. The van der Waals surface area contributed by atoms with Gasteiger partial charge in [0.2, 0.25) is 0 Å². The van der Waals surface area contributed by atoms with E-state index in [1.54, 1.807) is 12.1 Å². The van der Waals surface area contributed by atoms with Crippen LogP contribution in [-0.4, -0.2) is 47.4 Å². The molecule has 1 heterocycles. The lowest BCUT2D eigenvalue weighted by Crippen LogP contribution is -2.55. The summed E-state index contributed by atoms with van der Waals surface area (Å²) in [6.07, 6.45) is -2.65. The lowest BCUT2D eigenvalue weighted by Gasteiger charge is -2.40. The molecule has 1 aromatic rings. The van der Waals surface area contributed by atoms with Crippen LogP contribution in [0.4, 0.5) is 0 Å². The van der Waals surface area contributed by atoms with Crippen molar-refractivity contribution in [3.63, 3.8) is 0 Å². The number of hydrogen-bond donors (Lipinski definition) is 0. The van der Waals surface area contributed by atoms with E-state index in [2.05, 4.69) is 15.9 Å². The van der Waals surface area contributed by atoms with Gasteiger partial charge in [-0.25, -0.2) is 0 Å². The maximum absolute atomic E-state index is 11.6. The van der Waals surface area contributed by atoms with Crippen LogP contribution in [0.2, 0.25) is 0 Å². The lowest BCUT2D eigenvalue weighted by molar-refractivity contribution is -0.186. The van der Waals surface area contributed by atoms with Crippen molar-refractivity contribution in [3.05, 3.63) is 28.7 Å². The summed E-state index contributed by atoms with van der Waals surface area (Å²) < 4.78 is 22.6. The molecule has 1 aliphatic heterocycles. The highest BCUT2D eigenvalue weighted by Crippen LogP contribution is 2.36. The van der Waals surface area contributed by atoms with Gasteiger partial charge in [0.15, 0.2) is 23.7 Å². The van der Waals surface area contributed by atoms with E-state index in [1.165, 1.54) is 32.5 Å². The van der Waals surface area contributed by atoms with E-state index in [4.69, 9.17) is 18.9 Å². The van der Waals surface area contributed by atoms with Crippen molar-refractivity contribution in [2.24, 2.45) is 0 Å². The van der Waals surface area contributed by atoms with E-state index in [9.17, 15) is 14.4 Å². The third kappa shape index (κ3) is 5.63. The summed E-state index contributed by atoms with van der Waals surface area (Å²) in [6, 6.07) is 7.22. The van der Waals surface area contributed by atoms with E-state index in [0.717, 1.165) is 4.47 Å². The van der Waals surface area contributed by atoms with Gasteiger partial charge in [-0.3, -0.25) is 14.4 Å². The second-order valence-electron chi connectivity index (χ2n) is 5.55. The summed E-state index contributed by atoms with van der Waals surface area (Å²) in [4.78, 5) is 34.5. The average Bonchev–Trinajstić information content (AvgIpc) is 2.53. The molecule has 0 unspecified atom stereocenters. The van der Waals surface area contributed by atoms with Gasteiger partial charge in [-0.05, 0) is 28.1 Å². The Labute approximate surface area is 163 Å². The maximum atomic E-state index is 11.6. The van der Waals surface area contributed by atoms with E-state index >= 15 is 0 Å². The fourth-order valence-corrected chi connectivity index (χ4v) is 4.06. The number of para-hydroxylation sites is 1. The molecule has 2 rings (SSSR count). The number of thioether (sulfide) groups is 1. The Balaban J connectivity index is 2.29. The SMILES string of the molecule is CC(=O)O[C@@H]1[C@@H](OC(C)=O)[C@@H](Oc2ccccc2Br)SC[C@H]1OC(C)=O. The fraction of sp³-hybridized carbons (Fsp3) is 0.471. The number of esters is 3. The molecule has 0 saturated carbocycles. The first-order valence-corrected chi connectivity index (χ1v) is 9.66. The van der Waals surface area contributed by atoms with Gasteiger partial charge >= 0.3 is 17.9 Å². The molecule has 1 aliphatic rings. The summed E-state index contributed by atoms with van der Waals surface area (Å²) in [5, 5.41) is 0. The number of ether oxygens (including phenoxy) is 4. The molecule has 1 fully saturated rings. The smallest absolute Gasteiger partial charge is 0.303 e. The molecule has 7 nitrogen and oxygen atoms in total. The van der Waals surface area contributed by atoms with E-state index in [1.807, 2.05) is 12.1 Å². The first-order chi connectivity index (χ1) is 12.3. The molecule has 0 aromatic heterocycles. The zero-order valence-electron chi connectivity index (χ0n) is 14.5. The van der Waals surface area contributed by atoms with Crippen molar-refractivity contribution in [2.75, 3.05) is 5.75 Å². The second-order valence-corrected chi connectivity index (χ2v) is 7.53. The third-order valence-electron chi connectivity index (χ3n) is 3.38. The monoisotopic (exact) mass is 446 g/mol. The van der Waals surface area contributed by atoms with Gasteiger partial charge in [0.1, 0.15) is 5.75 Å². The second kappa shape index (κ2) is 9.27. The molecule has 0 aliphatic carbocycles. The van der Waals surface area contributed by atoms with E-state index < -0.39 is 41.7 Å². The molecule has 0 N–H and O–H groups in total. The van der Waals surface area contributed by atoms with Crippen LogP contribution in [0.3, 0.4) is 0 Å². The van der Waals surface area contributed by atoms with Crippen LogP contribution in [0.5, 0.6) is 5.75 Å². The van der Waals surface area contributed by atoms with Crippen molar-refractivity contribution in [1.29, 1.82) is 0 Å². The Kier molecular flexibility index (Phi) is 7.33. The van der Waals surface area contributed by atoms with Crippen molar-refractivity contribution >= 4 is 45.6 Å². The van der Waals surface area contributed by atoms with Crippen molar-refractivity contribution < 1.29 is 33.3 Å². The normalized spacial score (nSPS) is 25.1. The minimum atomic E-state index is -0.964. The predicted molar refractivity (Wildman–Crippen MR) is 97.7 cm³/mol. The first-order valence-electron chi connectivity index (χ1n) is 7.82. The van der Waals surface area contributed by atoms with Crippen LogP contribution >= 0.6 is 27.7 Å². The number of carbonyl (C=O) groups is 3. The minimum Gasteiger partial charge on any atom is -0.475 e. The van der Waals surface area contributed by atoms with Crippen LogP contribution < -0.4 is 4.74 Å². The summed E-state index contributed by atoms with van der Waals surface area (Å²) in [5.74, 6) is -0.772. The molecule has 0 radical (unpaired) electrons. The molecule has 142 valence electrons. The van der Waals surface area contributed by atoms with Crippen LogP contribution in [0, 0.1) is 0 Å². The number of benzene rings is 1. The Morgan fingerprint density at radius 1 is 0.962 bits per heavy atom. The van der Waals surface area contributed by atoms with Crippen molar-refractivity contribution in [3.8, 4) is 5.75 Å². The number of carbonyl (C=O) groups excluding carboxylic acids is 3. The highest BCUT2D eigenvalue weighted by atomic mass is 79.9. The van der Waals surface area contributed by atoms with Gasteiger partial charge in [-0.15, -0.1) is 11.8 Å². The standard InChI is InChI=1S/C17H19BrO7S/c1-9(19)22-14-8-26-17(25-13-7-5-4-6-12(13)18)16(24-11(3)21)15(14)23-10(2)20/h4-7,14-17H,8H2,1-3H3/t14-,15+,16-,17+/m1/s1. The minimum absolute atomic E-state index is 0.324. The lowest BCUT2D eigenvalue weighted by atomic mass is 10.1. The van der Waals surface area contributed by atoms with Gasteiger partial charge in [-0.2, -0.15) is 0 Å². The maximum Gasteiger partial charge on any atom is 0.303 e. The van der Waals surface area contributed by atoms with Gasteiger partial charge < -0.3 is 18.9 Å². The summed E-state index contributed by atoms with van der Waals surface area (Å²) in [6.45, 7) is 3.75. The van der Waals surface area contributed by atoms with E-state index in [0.29, 0.717) is 11.5 Å². The van der Waals surface area contributed by atoms with Crippen LogP contribution in [-0.2, 0) is 28.6 Å². The van der Waals surface area contributed by atoms with E-state index in [-0.39, 0.29) is 0 Å². The zero-order valence-corrected chi connectivity index (χ0v) is 16.9. The summed E-state index contributed by atoms with van der Waals surface area (Å²) in [5.41, 5.74) is -0.645. The molecule has 9 heteroatoms. The van der Waals surface area contributed by atoms with Gasteiger partial charge in [-0.1, -0.05) is 12.1 Å². The van der Waals surface area contributed by atoms with Crippen molar-refractivity contribution in [1.82, 2.24) is 0 Å². The van der Waals surface area contributed by atoms with Gasteiger partial charge in [0.25, 0.3) is 0 Å². The molecule has 26 heavy (non-hydrogen) atoms. The largest absolute Gasteiger partial charge is 0.475 e. The molecule has 1 aromatic carbocycles. The van der Waals surface area contributed by atoms with Crippen LogP contribution in [0.25, 0.3) is 0 Å². The Morgan fingerprint density at radius 3 is 2.12 bits per heavy atom. The summed E-state index contributed by atoms with van der Waals surface area (Å²) in [7, 11) is 0.